The van der Waals surface area contributed by atoms with E-state index in [9.17, 15) is 13.2 Å². The number of amides is 1. The summed E-state index contributed by atoms with van der Waals surface area (Å²) in [6.07, 6.45) is 0. The highest BCUT2D eigenvalue weighted by atomic mass is 32.2. The largest absolute Gasteiger partial charge is 0.497 e. The van der Waals surface area contributed by atoms with Gasteiger partial charge in [-0.05, 0) is 41.8 Å². The molecule has 0 atom stereocenters. The lowest BCUT2D eigenvalue weighted by Crippen LogP contribution is -2.38. The van der Waals surface area contributed by atoms with Crippen LogP contribution in [0.25, 0.3) is 0 Å². The summed E-state index contributed by atoms with van der Waals surface area (Å²) in [6, 6.07) is 20.2. The highest BCUT2D eigenvalue weighted by Crippen LogP contribution is 2.35. The smallest absolute Gasteiger partial charge is 0.264 e. The minimum atomic E-state index is -4.09. The Morgan fingerprint density at radius 1 is 0.939 bits per heavy atom. The molecule has 0 bridgehead atoms. The Morgan fingerprint density at radius 3 is 2.24 bits per heavy atom. The number of sulfonamides is 1. The van der Waals surface area contributed by atoms with E-state index in [1.54, 1.807) is 36.4 Å². The van der Waals surface area contributed by atoms with E-state index >= 15 is 0 Å². The third kappa shape index (κ3) is 5.46. The SMILES string of the molecule is COc1ccc(OC)c(N(CC(=O)Nc2ccccc2C(C)C)S(=O)(=O)c2ccccc2)c1. The molecule has 7 nitrogen and oxygen atoms in total. The van der Waals surface area contributed by atoms with Gasteiger partial charge in [0.1, 0.15) is 18.0 Å². The quantitative estimate of drug-likeness (QED) is 0.494. The summed E-state index contributed by atoms with van der Waals surface area (Å²) >= 11 is 0. The summed E-state index contributed by atoms with van der Waals surface area (Å²) in [5.41, 5.74) is 1.81. The van der Waals surface area contributed by atoms with Crippen LogP contribution in [0, 0.1) is 0 Å². The van der Waals surface area contributed by atoms with E-state index in [4.69, 9.17) is 9.47 Å². The Kier molecular flexibility index (Phi) is 7.60. The fraction of sp³-hybridized carbons (Fsp3) is 0.240. The maximum Gasteiger partial charge on any atom is 0.264 e. The maximum atomic E-state index is 13.6. The van der Waals surface area contributed by atoms with Crippen molar-refractivity contribution in [3.8, 4) is 11.5 Å². The predicted molar refractivity (Wildman–Crippen MR) is 130 cm³/mol. The number of benzene rings is 3. The first-order chi connectivity index (χ1) is 15.8. The van der Waals surface area contributed by atoms with Crippen molar-refractivity contribution in [1.29, 1.82) is 0 Å². The zero-order valence-corrected chi connectivity index (χ0v) is 19.9. The highest BCUT2D eigenvalue weighted by Gasteiger charge is 2.30. The number of ether oxygens (including phenoxy) is 2. The van der Waals surface area contributed by atoms with Crippen molar-refractivity contribution in [1.82, 2.24) is 0 Å². The average Bonchev–Trinajstić information content (AvgIpc) is 2.82. The number of hydrogen-bond donors (Lipinski definition) is 1. The third-order valence-electron chi connectivity index (χ3n) is 5.13. The molecule has 0 unspecified atom stereocenters. The van der Waals surface area contributed by atoms with Crippen LogP contribution < -0.4 is 19.1 Å². The molecule has 33 heavy (non-hydrogen) atoms. The molecule has 0 radical (unpaired) electrons. The van der Waals surface area contributed by atoms with Gasteiger partial charge in [0.15, 0.2) is 0 Å². The Bertz CT molecular complexity index is 1210. The molecule has 0 saturated heterocycles. The van der Waals surface area contributed by atoms with Gasteiger partial charge < -0.3 is 14.8 Å². The van der Waals surface area contributed by atoms with E-state index in [-0.39, 0.29) is 16.5 Å². The molecule has 3 aromatic rings. The Labute approximate surface area is 195 Å². The van der Waals surface area contributed by atoms with Gasteiger partial charge in [-0.15, -0.1) is 0 Å². The number of carbonyl (C=O) groups excluding carboxylic acids is 1. The molecule has 0 fully saturated rings. The molecule has 3 rings (SSSR count). The Hall–Kier alpha value is -3.52. The maximum absolute atomic E-state index is 13.6. The van der Waals surface area contributed by atoms with Crippen LogP contribution in [0.1, 0.15) is 25.3 Å². The lowest BCUT2D eigenvalue weighted by Gasteiger charge is -2.26. The second-order valence-electron chi connectivity index (χ2n) is 7.65. The van der Waals surface area contributed by atoms with Crippen LogP contribution in [0.5, 0.6) is 11.5 Å². The lowest BCUT2D eigenvalue weighted by molar-refractivity contribution is -0.114. The Balaban J connectivity index is 2.05. The second kappa shape index (κ2) is 10.4. The molecule has 1 amide bonds. The van der Waals surface area contributed by atoms with Crippen molar-refractivity contribution >= 4 is 27.3 Å². The van der Waals surface area contributed by atoms with Gasteiger partial charge in [0.05, 0.1) is 24.8 Å². The van der Waals surface area contributed by atoms with Crippen molar-refractivity contribution in [3.05, 3.63) is 78.4 Å². The summed E-state index contributed by atoms with van der Waals surface area (Å²) in [5, 5.41) is 2.86. The number of carbonyl (C=O) groups is 1. The van der Waals surface area contributed by atoms with Gasteiger partial charge in [0.25, 0.3) is 10.0 Å². The first kappa shape index (κ1) is 24.1. The monoisotopic (exact) mass is 468 g/mol. The van der Waals surface area contributed by atoms with Crippen LogP contribution in [0.3, 0.4) is 0 Å². The minimum Gasteiger partial charge on any atom is -0.497 e. The number of anilines is 2. The van der Waals surface area contributed by atoms with Crippen molar-refractivity contribution in [2.45, 2.75) is 24.7 Å². The molecule has 8 heteroatoms. The van der Waals surface area contributed by atoms with Gasteiger partial charge >= 0.3 is 0 Å². The molecule has 174 valence electrons. The molecular formula is C25H28N2O5S. The molecule has 3 aromatic carbocycles. The van der Waals surface area contributed by atoms with E-state index in [1.807, 2.05) is 32.0 Å². The standard InChI is InChI=1S/C25H28N2O5S/c1-18(2)21-12-8-9-13-22(21)26-25(28)17-27(33(29,30)20-10-6-5-7-11-20)23-16-19(31-3)14-15-24(23)32-4/h5-16,18H,17H2,1-4H3,(H,26,28). The number of hydrogen-bond acceptors (Lipinski definition) is 5. The average molecular weight is 469 g/mol. The van der Waals surface area contributed by atoms with Crippen LogP contribution >= 0.6 is 0 Å². The first-order valence-electron chi connectivity index (χ1n) is 10.5. The summed E-state index contributed by atoms with van der Waals surface area (Å²) in [5.74, 6) is 0.437. The van der Waals surface area contributed by atoms with Crippen LogP contribution in [-0.4, -0.2) is 35.1 Å². The zero-order chi connectivity index (χ0) is 24.0. The fourth-order valence-corrected chi connectivity index (χ4v) is 4.89. The molecule has 0 aliphatic heterocycles. The normalized spacial score (nSPS) is 11.2. The first-order valence-corrected chi connectivity index (χ1v) is 11.9. The second-order valence-corrected chi connectivity index (χ2v) is 9.51. The van der Waals surface area contributed by atoms with Gasteiger partial charge in [-0.2, -0.15) is 0 Å². The summed E-state index contributed by atoms with van der Waals surface area (Å²) < 4.78 is 39.0. The fourth-order valence-electron chi connectivity index (χ4n) is 3.45. The van der Waals surface area contributed by atoms with Crippen LogP contribution in [0.4, 0.5) is 11.4 Å². The van der Waals surface area contributed by atoms with Crippen molar-refractivity contribution < 1.29 is 22.7 Å². The van der Waals surface area contributed by atoms with E-state index in [1.165, 1.54) is 32.4 Å². The van der Waals surface area contributed by atoms with E-state index in [2.05, 4.69) is 5.32 Å². The van der Waals surface area contributed by atoms with E-state index < -0.39 is 22.5 Å². The number of methoxy groups -OCH3 is 2. The van der Waals surface area contributed by atoms with Crippen LogP contribution in [-0.2, 0) is 14.8 Å². The van der Waals surface area contributed by atoms with Gasteiger partial charge in [-0.1, -0.05) is 50.2 Å². The predicted octanol–water partition coefficient (Wildman–Crippen LogP) is 4.66. The van der Waals surface area contributed by atoms with Crippen LogP contribution in [0.2, 0.25) is 0 Å². The lowest BCUT2D eigenvalue weighted by atomic mass is 10.0. The zero-order valence-electron chi connectivity index (χ0n) is 19.1. The number of para-hydroxylation sites is 1. The third-order valence-corrected chi connectivity index (χ3v) is 6.90. The number of nitrogens with zero attached hydrogens (tertiary/aromatic N) is 1. The molecule has 0 aromatic heterocycles. The molecule has 0 aliphatic carbocycles. The van der Waals surface area contributed by atoms with Gasteiger partial charge in [0, 0.05) is 11.8 Å². The van der Waals surface area contributed by atoms with Crippen LogP contribution in [0.15, 0.2) is 77.7 Å². The molecule has 0 spiro atoms. The number of nitrogens with one attached hydrogen (secondary N) is 1. The summed E-state index contributed by atoms with van der Waals surface area (Å²) in [4.78, 5) is 13.2. The van der Waals surface area contributed by atoms with Gasteiger partial charge in [-0.25, -0.2) is 8.42 Å². The molecular weight excluding hydrogens is 440 g/mol. The van der Waals surface area contributed by atoms with Crippen molar-refractivity contribution in [3.63, 3.8) is 0 Å². The van der Waals surface area contributed by atoms with E-state index in [0.717, 1.165) is 9.87 Å². The molecule has 1 N–H and O–H groups in total. The summed E-state index contributed by atoms with van der Waals surface area (Å²) in [7, 11) is -1.16. The van der Waals surface area contributed by atoms with E-state index in [0.29, 0.717) is 17.2 Å². The van der Waals surface area contributed by atoms with Crippen molar-refractivity contribution in [2.24, 2.45) is 0 Å². The molecule has 0 aliphatic rings. The van der Waals surface area contributed by atoms with Gasteiger partial charge in [-0.3, -0.25) is 9.10 Å². The summed E-state index contributed by atoms with van der Waals surface area (Å²) in [6.45, 7) is 3.60. The minimum absolute atomic E-state index is 0.0604. The Morgan fingerprint density at radius 2 is 1.61 bits per heavy atom. The van der Waals surface area contributed by atoms with Crippen molar-refractivity contribution in [2.75, 3.05) is 30.4 Å². The van der Waals surface area contributed by atoms with Gasteiger partial charge in [0.2, 0.25) is 5.91 Å². The number of rotatable bonds is 9. The molecule has 0 heterocycles. The topological polar surface area (TPSA) is 84.9 Å². The highest BCUT2D eigenvalue weighted by molar-refractivity contribution is 7.92. The molecule has 0 saturated carbocycles.